The molecule has 3 aromatic rings. The number of carbonyl (C=O) groups excluding carboxylic acids is 1. The first kappa shape index (κ1) is 20.4. The van der Waals surface area contributed by atoms with Crippen LogP contribution in [0.3, 0.4) is 0 Å². The zero-order chi connectivity index (χ0) is 21.4. The van der Waals surface area contributed by atoms with E-state index in [0.717, 1.165) is 9.77 Å². The standard InChI is InChI=1S/C21H20N3O4PSe/c1-22-21(25)23(2)29(22,19-9-5-3-6-10-19,30-20-11-7-4-8-12-20)28-18-15-13-17(14-16-18)24(26)27/h3-16H,1-2H3. The third kappa shape index (κ3) is 2.88. The van der Waals surface area contributed by atoms with Crippen molar-refractivity contribution in [1.29, 1.82) is 0 Å². The summed E-state index contributed by atoms with van der Waals surface area (Å²) in [5, 5.41) is 12.0. The van der Waals surface area contributed by atoms with E-state index in [0.29, 0.717) is 5.75 Å². The van der Waals surface area contributed by atoms with E-state index in [2.05, 4.69) is 0 Å². The molecule has 1 aliphatic heterocycles. The number of nitro benzene ring substituents is 1. The molecule has 0 aliphatic carbocycles. The molecule has 0 bridgehead atoms. The summed E-state index contributed by atoms with van der Waals surface area (Å²) >= 11 is -0.270. The van der Waals surface area contributed by atoms with Gasteiger partial charge in [-0.25, -0.2) is 0 Å². The van der Waals surface area contributed by atoms with Crippen LogP contribution in [-0.2, 0) is 0 Å². The molecule has 0 radical (unpaired) electrons. The van der Waals surface area contributed by atoms with E-state index in [-0.39, 0.29) is 26.2 Å². The molecule has 0 saturated carbocycles. The van der Waals surface area contributed by atoms with Crippen molar-refractivity contribution in [3.8, 4) is 5.75 Å². The van der Waals surface area contributed by atoms with Crippen LogP contribution in [0.15, 0.2) is 84.9 Å². The van der Waals surface area contributed by atoms with E-state index in [9.17, 15) is 14.9 Å². The van der Waals surface area contributed by atoms with E-state index in [4.69, 9.17) is 4.52 Å². The summed E-state index contributed by atoms with van der Waals surface area (Å²) in [6.07, 6.45) is 0. The Kier molecular flexibility index (Phi) is 5.02. The molecule has 9 heteroatoms. The first-order chi connectivity index (χ1) is 14.4. The maximum absolute atomic E-state index is 12.8. The number of rotatable bonds is 6. The van der Waals surface area contributed by atoms with E-state index in [1.807, 2.05) is 60.7 Å². The third-order valence-corrected chi connectivity index (χ3v) is 18.7. The normalized spacial score (nSPS) is 18.1. The summed E-state index contributed by atoms with van der Waals surface area (Å²) in [6.45, 7) is 0. The average molecular weight is 488 g/mol. The number of hydrogen-bond donors (Lipinski definition) is 0. The number of nitro groups is 1. The molecule has 1 saturated heterocycles. The van der Waals surface area contributed by atoms with Gasteiger partial charge in [-0.05, 0) is 0 Å². The second-order valence-corrected chi connectivity index (χ2v) is 16.9. The molecule has 1 fully saturated rings. The first-order valence-electron chi connectivity index (χ1n) is 9.17. The van der Waals surface area contributed by atoms with Gasteiger partial charge in [0.05, 0.1) is 0 Å². The Morgan fingerprint density at radius 1 is 0.867 bits per heavy atom. The van der Waals surface area contributed by atoms with Gasteiger partial charge in [0.1, 0.15) is 0 Å². The van der Waals surface area contributed by atoms with E-state index in [1.54, 1.807) is 35.6 Å². The topological polar surface area (TPSA) is 75.9 Å². The molecule has 0 N–H and O–H groups in total. The van der Waals surface area contributed by atoms with Gasteiger partial charge in [-0.1, -0.05) is 0 Å². The Labute approximate surface area is 180 Å². The van der Waals surface area contributed by atoms with Crippen LogP contribution < -0.4 is 14.3 Å². The van der Waals surface area contributed by atoms with Crippen LogP contribution in [0.2, 0.25) is 0 Å². The van der Waals surface area contributed by atoms with Crippen molar-refractivity contribution in [2.24, 2.45) is 0 Å². The minimum absolute atomic E-state index is 0.00853. The maximum atomic E-state index is 12.8. The second kappa shape index (κ2) is 7.40. The molecule has 0 aromatic heterocycles. The summed E-state index contributed by atoms with van der Waals surface area (Å²) in [5.41, 5.74) is -0.00853. The minimum atomic E-state index is -3.57. The van der Waals surface area contributed by atoms with E-state index < -0.39 is 10.7 Å². The molecule has 0 atom stereocenters. The van der Waals surface area contributed by atoms with Crippen LogP contribution in [0, 0.1) is 10.1 Å². The van der Waals surface area contributed by atoms with Crippen molar-refractivity contribution >= 4 is 41.8 Å². The molecular formula is C21H20N3O4PSe. The van der Waals surface area contributed by atoms with Crippen LogP contribution in [0.1, 0.15) is 0 Å². The number of carbonyl (C=O) groups is 1. The summed E-state index contributed by atoms with van der Waals surface area (Å²) in [5.74, 6) is -3.07. The van der Waals surface area contributed by atoms with Crippen LogP contribution in [0.5, 0.6) is 5.75 Å². The molecule has 30 heavy (non-hydrogen) atoms. The molecule has 154 valence electrons. The second-order valence-electron chi connectivity index (χ2n) is 6.79. The Morgan fingerprint density at radius 2 is 1.40 bits per heavy atom. The van der Waals surface area contributed by atoms with Crippen LogP contribution in [0.4, 0.5) is 10.5 Å². The van der Waals surface area contributed by atoms with E-state index >= 15 is 0 Å². The molecule has 7 nitrogen and oxygen atoms in total. The van der Waals surface area contributed by atoms with Gasteiger partial charge in [-0.2, -0.15) is 0 Å². The summed E-state index contributed by atoms with van der Waals surface area (Å²) < 4.78 is 11.4. The Balaban J connectivity index is 1.91. The van der Waals surface area contributed by atoms with Gasteiger partial charge in [0.2, 0.25) is 0 Å². The number of urea groups is 1. The van der Waals surface area contributed by atoms with Crippen LogP contribution in [-0.4, -0.2) is 48.9 Å². The molecule has 1 aliphatic rings. The molecule has 2 amide bonds. The average Bonchev–Trinajstić information content (AvgIpc) is 2.79. The number of non-ortho nitro benzene ring substituents is 1. The molecule has 0 spiro atoms. The molecule has 0 unspecified atom stereocenters. The summed E-state index contributed by atoms with van der Waals surface area (Å²) in [7, 11) is 3.56. The van der Waals surface area contributed by atoms with Gasteiger partial charge >= 0.3 is 180 Å². The van der Waals surface area contributed by atoms with Gasteiger partial charge in [0.15, 0.2) is 0 Å². The van der Waals surface area contributed by atoms with Gasteiger partial charge in [-0.15, -0.1) is 0 Å². The number of nitrogens with zero attached hydrogens (tertiary/aromatic N) is 3. The predicted molar refractivity (Wildman–Crippen MR) is 119 cm³/mol. The first-order valence-corrected chi connectivity index (χ1v) is 14.3. The van der Waals surface area contributed by atoms with E-state index in [1.165, 1.54) is 12.1 Å². The molecule has 1 heterocycles. The number of hydrogen-bond acceptors (Lipinski definition) is 4. The Bertz CT molecular complexity index is 1080. The molecule has 4 rings (SSSR count). The van der Waals surface area contributed by atoms with Crippen molar-refractivity contribution in [3.63, 3.8) is 0 Å². The fourth-order valence-corrected chi connectivity index (χ4v) is 15.9. The zero-order valence-electron chi connectivity index (χ0n) is 16.4. The third-order valence-electron chi connectivity index (χ3n) is 5.14. The SMILES string of the molecule is CN1C(=O)N(C)P1(Oc1ccc([N+](=O)[O-])cc1)([Se]c1ccccc1)c1ccccc1. The fraction of sp³-hybridized carbons (Fsp3) is 0.0952. The van der Waals surface area contributed by atoms with Gasteiger partial charge in [0, 0.05) is 0 Å². The van der Waals surface area contributed by atoms with Gasteiger partial charge in [-0.3, -0.25) is 0 Å². The van der Waals surface area contributed by atoms with Gasteiger partial charge < -0.3 is 0 Å². The molecular weight excluding hydrogens is 468 g/mol. The number of amides is 2. The van der Waals surface area contributed by atoms with Crippen molar-refractivity contribution in [2.45, 2.75) is 0 Å². The van der Waals surface area contributed by atoms with Crippen molar-refractivity contribution in [1.82, 2.24) is 9.34 Å². The predicted octanol–water partition coefficient (Wildman–Crippen LogP) is 3.54. The zero-order valence-corrected chi connectivity index (χ0v) is 19.0. The van der Waals surface area contributed by atoms with Crippen molar-refractivity contribution in [3.05, 3.63) is 95.0 Å². The van der Waals surface area contributed by atoms with Crippen LogP contribution in [0.25, 0.3) is 0 Å². The van der Waals surface area contributed by atoms with Crippen molar-refractivity contribution in [2.75, 3.05) is 14.1 Å². The Hall–Kier alpha value is -2.92. The Morgan fingerprint density at radius 3 is 1.93 bits per heavy atom. The van der Waals surface area contributed by atoms with Crippen molar-refractivity contribution < 1.29 is 14.2 Å². The van der Waals surface area contributed by atoms with Gasteiger partial charge in [0.25, 0.3) is 0 Å². The molecule has 3 aromatic carbocycles. The summed E-state index contributed by atoms with van der Waals surface area (Å²) in [4.78, 5) is 23.4. The quantitative estimate of drug-likeness (QED) is 0.230. The number of benzene rings is 3. The fourth-order valence-electron chi connectivity index (χ4n) is 3.56. The summed E-state index contributed by atoms with van der Waals surface area (Å²) in [6, 6.07) is 25.7. The monoisotopic (exact) mass is 489 g/mol. The van der Waals surface area contributed by atoms with Crippen LogP contribution >= 0.6 is 5.82 Å².